The Balaban J connectivity index is 1.81. The lowest BCUT2D eigenvalue weighted by Crippen LogP contribution is -2.27. The van der Waals surface area contributed by atoms with Crippen LogP contribution in [-0.2, 0) is 9.47 Å². The first-order valence-corrected chi connectivity index (χ1v) is 12.8. The molecule has 0 atom stereocenters. The van der Waals surface area contributed by atoms with Crippen LogP contribution in [0.2, 0.25) is 0 Å². The van der Waals surface area contributed by atoms with Gasteiger partial charge in [0.2, 0.25) is 0 Å². The van der Waals surface area contributed by atoms with Crippen LogP contribution < -0.4 is 4.74 Å². The number of esters is 2. The smallest absolute Gasteiger partial charge is 0.338 e. The Kier molecular flexibility index (Phi) is 10.1. The lowest BCUT2D eigenvalue weighted by Gasteiger charge is -2.18. The number of hydrogen-bond donors (Lipinski definition) is 0. The summed E-state index contributed by atoms with van der Waals surface area (Å²) < 4.78 is 16.6. The van der Waals surface area contributed by atoms with Gasteiger partial charge in [-0.15, -0.1) is 0 Å². The SMILES string of the molecule is CCN(CC)CCOC(=O)c1ccc2c(c1)cc(OC)c1cc(C(=O)OCCN(CC)CC)ccc12. The molecule has 0 saturated heterocycles. The minimum atomic E-state index is -0.353. The number of carbonyl (C=O) groups is 2. The lowest BCUT2D eigenvalue weighted by molar-refractivity contribution is 0.0458. The maximum atomic E-state index is 12.7. The summed E-state index contributed by atoms with van der Waals surface area (Å²) in [6.45, 7) is 14.2. The molecule has 0 radical (unpaired) electrons. The Morgan fingerprint density at radius 2 is 1.17 bits per heavy atom. The van der Waals surface area contributed by atoms with Crippen molar-refractivity contribution in [2.75, 3.05) is 59.6 Å². The molecule has 0 bridgehead atoms. The molecule has 3 aromatic rings. The Labute approximate surface area is 213 Å². The number of hydrogen-bond acceptors (Lipinski definition) is 7. The Bertz CT molecular complexity index is 1190. The van der Waals surface area contributed by atoms with Crippen LogP contribution >= 0.6 is 0 Å². The van der Waals surface area contributed by atoms with Gasteiger partial charge in [-0.25, -0.2) is 9.59 Å². The van der Waals surface area contributed by atoms with Crippen molar-refractivity contribution in [3.63, 3.8) is 0 Å². The van der Waals surface area contributed by atoms with Crippen molar-refractivity contribution in [3.8, 4) is 5.75 Å². The van der Waals surface area contributed by atoms with Crippen molar-refractivity contribution in [1.29, 1.82) is 0 Å². The molecule has 0 aromatic heterocycles. The standard InChI is InChI=1S/C29H38N2O5/c1-6-30(7-2)14-16-35-28(32)21-10-12-24-23(18-21)20-27(34-5)26-19-22(11-13-25(24)26)29(33)36-17-15-31(8-3)9-4/h10-13,18-20H,6-9,14-17H2,1-5H3. The Morgan fingerprint density at radius 3 is 1.67 bits per heavy atom. The summed E-state index contributed by atoms with van der Waals surface area (Å²) in [5.41, 5.74) is 0.977. The van der Waals surface area contributed by atoms with Gasteiger partial charge >= 0.3 is 11.9 Å². The number of methoxy groups -OCH3 is 1. The van der Waals surface area contributed by atoms with Gasteiger partial charge in [-0.2, -0.15) is 0 Å². The highest BCUT2D eigenvalue weighted by Crippen LogP contribution is 2.34. The van der Waals surface area contributed by atoms with E-state index < -0.39 is 0 Å². The fraction of sp³-hybridized carbons (Fsp3) is 0.448. The molecule has 0 amide bonds. The number of likely N-dealkylation sites (N-methyl/N-ethyl adjacent to an activating group) is 2. The Hall–Kier alpha value is -3.16. The zero-order valence-electron chi connectivity index (χ0n) is 22.1. The topological polar surface area (TPSA) is 68.3 Å². The van der Waals surface area contributed by atoms with Crippen LogP contribution in [0.4, 0.5) is 0 Å². The maximum Gasteiger partial charge on any atom is 0.338 e. The number of nitrogens with zero attached hydrogens (tertiary/aromatic N) is 2. The number of carbonyl (C=O) groups excluding carboxylic acids is 2. The average Bonchev–Trinajstić information content (AvgIpc) is 2.92. The van der Waals surface area contributed by atoms with Crippen molar-refractivity contribution < 1.29 is 23.8 Å². The van der Waals surface area contributed by atoms with Crippen LogP contribution in [0.15, 0.2) is 42.5 Å². The van der Waals surface area contributed by atoms with E-state index >= 15 is 0 Å². The molecule has 3 rings (SSSR count). The van der Waals surface area contributed by atoms with Crippen molar-refractivity contribution in [3.05, 3.63) is 53.6 Å². The summed E-state index contributed by atoms with van der Waals surface area (Å²) in [5.74, 6) is -0.0673. The molecule has 3 aromatic carbocycles. The first-order chi connectivity index (χ1) is 17.4. The predicted molar refractivity (Wildman–Crippen MR) is 144 cm³/mol. The first-order valence-electron chi connectivity index (χ1n) is 12.8. The molecule has 0 fully saturated rings. The van der Waals surface area contributed by atoms with Crippen LogP contribution in [0.1, 0.15) is 48.4 Å². The number of ether oxygens (including phenoxy) is 3. The molecule has 7 heteroatoms. The highest BCUT2D eigenvalue weighted by Gasteiger charge is 2.15. The molecule has 0 aliphatic rings. The van der Waals surface area contributed by atoms with Crippen LogP contribution in [0.5, 0.6) is 5.75 Å². The molecule has 0 saturated carbocycles. The molecule has 0 spiro atoms. The molecule has 0 aliphatic heterocycles. The molecule has 0 N–H and O–H groups in total. The minimum absolute atomic E-state index is 0.342. The number of benzene rings is 3. The highest BCUT2D eigenvalue weighted by molar-refractivity contribution is 6.13. The van der Waals surface area contributed by atoms with Gasteiger partial charge < -0.3 is 24.0 Å². The quantitative estimate of drug-likeness (QED) is 0.245. The summed E-state index contributed by atoms with van der Waals surface area (Å²) in [4.78, 5) is 29.7. The van der Waals surface area contributed by atoms with Gasteiger partial charge in [-0.3, -0.25) is 0 Å². The first kappa shape index (κ1) is 27.4. The van der Waals surface area contributed by atoms with Crippen LogP contribution in [0.25, 0.3) is 21.5 Å². The van der Waals surface area contributed by atoms with E-state index in [0.29, 0.717) is 43.2 Å². The summed E-state index contributed by atoms with van der Waals surface area (Å²) in [6, 6.07) is 12.9. The van der Waals surface area contributed by atoms with Crippen LogP contribution in [0, 0.1) is 0 Å². The van der Waals surface area contributed by atoms with Gasteiger partial charge in [-0.1, -0.05) is 39.8 Å². The van der Waals surface area contributed by atoms with Crippen molar-refractivity contribution in [2.45, 2.75) is 27.7 Å². The van der Waals surface area contributed by atoms with Gasteiger partial charge in [0.25, 0.3) is 0 Å². The zero-order chi connectivity index (χ0) is 26.1. The van der Waals surface area contributed by atoms with Crippen LogP contribution in [-0.4, -0.2) is 81.3 Å². The van der Waals surface area contributed by atoms with Crippen molar-refractivity contribution in [2.24, 2.45) is 0 Å². The predicted octanol–water partition coefficient (Wildman–Crippen LogP) is 5.00. The fourth-order valence-corrected chi connectivity index (χ4v) is 4.33. The van der Waals surface area contributed by atoms with Crippen LogP contribution in [0.3, 0.4) is 0 Å². The van der Waals surface area contributed by atoms with E-state index in [1.165, 1.54) is 0 Å². The molecular weight excluding hydrogens is 456 g/mol. The van der Waals surface area contributed by atoms with Gasteiger partial charge in [0.15, 0.2) is 0 Å². The monoisotopic (exact) mass is 494 g/mol. The third kappa shape index (κ3) is 6.53. The minimum Gasteiger partial charge on any atom is -0.496 e. The summed E-state index contributed by atoms with van der Waals surface area (Å²) in [6.07, 6.45) is 0. The van der Waals surface area contributed by atoms with E-state index in [0.717, 1.165) is 47.7 Å². The second kappa shape index (κ2) is 13.2. The molecule has 0 unspecified atom stereocenters. The average molecular weight is 495 g/mol. The maximum absolute atomic E-state index is 12.7. The van der Waals surface area contributed by atoms with E-state index in [-0.39, 0.29) is 11.9 Å². The normalized spacial score (nSPS) is 11.4. The number of fused-ring (bicyclic) bond motifs is 3. The van der Waals surface area contributed by atoms with E-state index in [2.05, 4.69) is 37.5 Å². The Morgan fingerprint density at radius 1 is 0.667 bits per heavy atom. The molecule has 7 nitrogen and oxygen atoms in total. The largest absolute Gasteiger partial charge is 0.496 e. The van der Waals surface area contributed by atoms with E-state index in [4.69, 9.17) is 14.2 Å². The van der Waals surface area contributed by atoms with Crippen molar-refractivity contribution in [1.82, 2.24) is 9.80 Å². The molecule has 0 heterocycles. The van der Waals surface area contributed by atoms with E-state index in [1.807, 2.05) is 30.3 Å². The van der Waals surface area contributed by atoms with Crippen molar-refractivity contribution >= 4 is 33.5 Å². The summed E-state index contributed by atoms with van der Waals surface area (Å²) in [5, 5.41) is 3.59. The summed E-state index contributed by atoms with van der Waals surface area (Å²) >= 11 is 0. The zero-order valence-corrected chi connectivity index (χ0v) is 22.1. The molecule has 36 heavy (non-hydrogen) atoms. The van der Waals surface area contributed by atoms with Gasteiger partial charge in [-0.05, 0) is 72.7 Å². The summed E-state index contributed by atoms with van der Waals surface area (Å²) in [7, 11) is 1.60. The third-order valence-corrected chi connectivity index (χ3v) is 6.67. The highest BCUT2D eigenvalue weighted by atomic mass is 16.5. The van der Waals surface area contributed by atoms with E-state index in [1.54, 1.807) is 19.2 Å². The van der Waals surface area contributed by atoms with E-state index in [9.17, 15) is 9.59 Å². The second-order valence-corrected chi connectivity index (χ2v) is 8.60. The number of rotatable bonds is 13. The third-order valence-electron chi connectivity index (χ3n) is 6.67. The molecular formula is C29H38N2O5. The van der Waals surface area contributed by atoms with Gasteiger partial charge in [0.05, 0.1) is 18.2 Å². The fourth-order valence-electron chi connectivity index (χ4n) is 4.33. The molecule has 0 aliphatic carbocycles. The lowest BCUT2D eigenvalue weighted by atomic mass is 9.97. The molecule has 194 valence electrons. The second-order valence-electron chi connectivity index (χ2n) is 8.60. The van der Waals surface area contributed by atoms with Gasteiger partial charge in [0.1, 0.15) is 19.0 Å². The van der Waals surface area contributed by atoms with Gasteiger partial charge in [0, 0.05) is 18.5 Å².